The first-order valence-electron chi connectivity index (χ1n) is 4.93. The Kier molecular flexibility index (Phi) is 2.96. The minimum Gasteiger partial charge on any atom is -0.481 e. The van der Waals surface area contributed by atoms with Gasteiger partial charge in [-0.05, 0) is 40.5 Å². The fourth-order valence-corrected chi connectivity index (χ4v) is 2.27. The van der Waals surface area contributed by atoms with Crippen molar-refractivity contribution in [3.05, 3.63) is 28.0 Å². The van der Waals surface area contributed by atoms with Crippen LogP contribution in [0.1, 0.15) is 17.8 Å². The maximum atomic E-state index is 10.5. The number of carbonyl (C=O) groups is 1. The number of nitrogens with one attached hydrogen (secondary N) is 1. The Morgan fingerprint density at radius 2 is 2.31 bits per heavy atom. The number of H-pyrrole nitrogens is 1. The minimum atomic E-state index is -0.810. The molecule has 0 aliphatic rings. The van der Waals surface area contributed by atoms with Gasteiger partial charge >= 0.3 is 5.97 Å². The van der Waals surface area contributed by atoms with E-state index in [4.69, 9.17) is 5.11 Å². The number of aliphatic carboxylic acids is 1. The van der Waals surface area contributed by atoms with Gasteiger partial charge in [0.1, 0.15) is 11.3 Å². The lowest BCUT2D eigenvalue weighted by Crippen LogP contribution is -1.98. The van der Waals surface area contributed by atoms with E-state index in [0.29, 0.717) is 12.2 Å². The summed E-state index contributed by atoms with van der Waals surface area (Å²) in [6.45, 7) is 2.00. The van der Waals surface area contributed by atoms with Crippen LogP contribution in [0.5, 0.6) is 0 Å². The number of hydrogen-bond acceptors (Lipinski definition) is 2. The highest BCUT2D eigenvalue weighted by molar-refractivity contribution is 9.10. The normalized spacial score (nSPS) is 10.9. The highest BCUT2D eigenvalue weighted by Gasteiger charge is 2.08. The first-order valence-corrected chi connectivity index (χ1v) is 5.72. The fraction of sp³-hybridized carbons (Fsp3) is 0.273. The standard InChI is InChI=1S/C11H11BrN2O2/c1-6-4-7(12)11-8(5-6)13-9(14-11)2-3-10(15)16/h4-5H,2-3H2,1H3,(H,13,14)(H,15,16). The average molecular weight is 283 g/mol. The quantitative estimate of drug-likeness (QED) is 0.910. The molecule has 16 heavy (non-hydrogen) atoms. The van der Waals surface area contributed by atoms with Gasteiger partial charge in [0, 0.05) is 10.9 Å². The van der Waals surface area contributed by atoms with Crippen molar-refractivity contribution in [1.29, 1.82) is 0 Å². The average Bonchev–Trinajstić information content (AvgIpc) is 2.57. The molecule has 0 unspecified atom stereocenters. The van der Waals surface area contributed by atoms with Crippen LogP contribution >= 0.6 is 15.9 Å². The SMILES string of the molecule is Cc1cc(Br)c2nc(CCC(=O)O)[nH]c2c1. The smallest absolute Gasteiger partial charge is 0.303 e. The van der Waals surface area contributed by atoms with Gasteiger partial charge < -0.3 is 10.1 Å². The predicted octanol–water partition coefficient (Wildman–Crippen LogP) is 2.65. The van der Waals surface area contributed by atoms with E-state index in [1.165, 1.54) is 0 Å². The summed E-state index contributed by atoms with van der Waals surface area (Å²) in [5.41, 5.74) is 2.92. The molecular weight excluding hydrogens is 272 g/mol. The molecule has 2 rings (SSSR count). The van der Waals surface area contributed by atoms with Crippen molar-refractivity contribution < 1.29 is 9.90 Å². The number of aromatic nitrogens is 2. The molecule has 4 nitrogen and oxygen atoms in total. The first kappa shape index (κ1) is 11.1. The third kappa shape index (κ3) is 2.24. The van der Waals surface area contributed by atoms with Crippen LogP contribution in [0.25, 0.3) is 11.0 Å². The Morgan fingerprint density at radius 1 is 1.56 bits per heavy atom. The van der Waals surface area contributed by atoms with Crippen molar-refractivity contribution in [2.75, 3.05) is 0 Å². The van der Waals surface area contributed by atoms with Crippen LogP contribution in [-0.4, -0.2) is 21.0 Å². The molecule has 0 atom stereocenters. The number of carboxylic acid groups (broad SMARTS) is 1. The largest absolute Gasteiger partial charge is 0.481 e. The second-order valence-corrected chi connectivity index (χ2v) is 4.57. The molecule has 84 valence electrons. The van der Waals surface area contributed by atoms with Gasteiger partial charge in [0.2, 0.25) is 0 Å². The number of aromatic amines is 1. The van der Waals surface area contributed by atoms with E-state index < -0.39 is 5.97 Å². The molecule has 1 aromatic carbocycles. The van der Waals surface area contributed by atoms with Crippen molar-refractivity contribution in [3.63, 3.8) is 0 Å². The van der Waals surface area contributed by atoms with Crippen LogP contribution in [0.4, 0.5) is 0 Å². The summed E-state index contributed by atoms with van der Waals surface area (Å²) in [6, 6.07) is 3.99. The number of rotatable bonds is 3. The number of halogens is 1. The summed E-state index contributed by atoms with van der Waals surface area (Å²) in [5, 5.41) is 8.60. The lowest BCUT2D eigenvalue weighted by molar-refractivity contribution is -0.137. The number of aryl methyl sites for hydroxylation is 2. The molecule has 0 saturated heterocycles. The molecule has 0 amide bonds. The Bertz CT molecular complexity index is 548. The van der Waals surface area contributed by atoms with Gasteiger partial charge in [-0.3, -0.25) is 4.79 Å². The minimum absolute atomic E-state index is 0.0937. The Balaban J connectivity index is 2.36. The number of benzene rings is 1. The topological polar surface area (TPSA) is 66.0 Å². The summed E-state index contributed by atoms with van der Waals surface area (Å²) in [6.07, 6.45) is 0.520. The summed E-state index contributed by atoms with van der Waals surface area (Å²) >= 11 is 3.44. The van der Waals surface area contributed by atoms with Gasteiger partial charge in [-0.25, -0.2) is 4.98 Å². The van der Waals surface area contributed by atoms with Crippen molar-refractivity contribution in [3.8, 4) is 0 Å². The monoisotopic (exact) mass is 282 g/mol. The first-order chi connectivity index (χ1) is 7.56. The zero-order valence-corrected chi connectivity index (χ0v) is 10.3. The van der Waals surface area contributed by atoms with Crippen LogP contribution in [0, 0.1) is 6.92 Å². The van der Waals surface area contributed by atoms with Gasteiger partial charge in [-0.15, -0.1) is 0 Å². The zero-order valence-electron chi connectivity index (χ0n) is 8.75. The Labute approximate surface area is 101 Å². The van der Waals surface area contributed by atoms with Crippen molar-refractivity contribution in [2.24, 2.45) is 0 Å². The van der Waals surface area contributed by atoms with E-state index in [2.05, 4.69) is 25.9 Å². The highest BCUT2D eigenvalue weighted by Crippen LogP contribution is 2.24. The Hall–Kier alpha value is -1.36. The third-order valence-corrected chi connectivity index (χ3v) is 2.91. The van der Waals surface area contributed by atoms with Crippen LogP contribution in [0.3, 0.4) is 0 Å². The summed E-state index contributed by atoms with van der Waals surface area (Å²) in [5.74, 6) is -0.0978. The second kappa shape index (κ2) is 4.25. The van der Waals surface area contributed by atoms with Crippen LogP contribution in [-0.2, 0) is 11.2 Å². The van der Waals surface area contributed by atoms with Crippen molar-refractivity contribution in [2.45, 2.75) is 19.8 Å². The molecule has 0 aliphatic heterocycles. The summed E-state index contributed by atoms with van der Waals surface area (Å²) in [7, 11) is 0. The Morgan fingerprint density at radius 3 is 3.00 bits per heavy atom. The molecule has 5 heteroatoms. The lowest BCUT2D eigenvalue weighted by atomic mass is 10.2. The van der Waals surface area contributed by atoms with E-state index in [0.717, 1.165) is 21.1 Å². The van der Waals surface area contributed by atoms with Crippen LogP contribution < -0.4 is 0 Å². The predicted molar refractivity (Wildman–Crippen MR) is 64.5 cm³/mol. The number of imidazole rings is 1. The van der Waals surface area contributed by atoms with Crippen LogP contribution in [0.15, 0.2) is 16.6 Å². The summed E-state index contributed by atoms with van der Waals surface area (Å²) < 4.78 is 0.931. The molecule has 1 heterocycles. The van der Waals surface area contributed by atoms with Gasteiger partial charge in [-0.2, -0.15) is 0 Å². The molecule has 0 bridgehead atoms. The second-order valence-electron chi connectivity index (χ2n) is 3.72. The van der Waals surface area contributed by atoms with Gasteiger partial charge in [0.25, 0.3) is 0 Å². The van der Waals surface area contributed by atoms with E-state index in [1.807, 2.05) is 19.1 Å². The van der Waals surface area contributed by atoms with E-state index in [1.54, 1.807) is 0 Å². The maximum absolute atomic E-state index is 10.5. The maximum Gasteiger partial charge on any atom is 0.303 e. The van der Waals surface area contributed by atoms with E-state index in [9.17, 15) is 4.79 Å². The molecule has 0 radical (unpaired) electrons. The molecule has 0 aliphatic carbocycles. The molecular formula is C11H11BrN2O2. The van der Waals surface area contributed by atoms with Gasteiger partial charge in [0.05, 0.1) is 11.9 Å². The third-order valence-electron chi connectivity index (χ3n) is 2.31. The fourth-order valence-electron chi connectivity index (χ4n) is 1.61. The molecule has 2 N–H and O–H groups in total. The zero-order chi connectivity index (χ0) is 11.7. The van der Waals surface area contributed by atoms with Gasteiger partial charge in [-0.1, -0.05) is 0 Å². The lowest BCUT2D eigenvalue weighted by Gasteiger charge is -1.94. The number of carboxylic acids is 1. The molecule has 0 spiro atoms. The van der Waals surface area contributed by atoms with Crippen LogP contribution in [0.2, 0.25) is 0 Å². The summed E-state index contributed by atoms with van der Waals surface area (Å²) in [4.78, 5) is 17.9. The molecule has 2 aromatic rings. The molecule has 1 aromatic heterocycles. The van der Waals surface area contributed by atoms with E-state index >= 15 is 0 Å². The van der Waals surface area contributed by atoms with E-state index in [-0.39, 0.29) is 6.42 Å². The van der Waals surface area contributed by atoms with Gasteiger partial charge in [0.15, 0.2) is 0 Å². The number of hydrogen-bond donors (Lipinski definition) is 2. The number of fused-ring (bicyclic) bond motifs is 1. The molecule has 0 fully saturated rings. The molecule has 0 saturated carbocycles. The van der Waals surface area contributed by atoms with Crippen molar-refractivity contribution in [1.82, 2.24) is 9.97 Å². The number of nitrogens with zero attached hydrogens (tertiary/aromatic N) is 1. The highest BCUT2D eigenvalue weighted by atomic mass is 79.9. The van der Waals surface area contributed by atoms with Crippen molar-refractivity contribution >= 4 is 32.9 Å².